The smallest absolute Gasteiger partial charge is 0.321 e. The molecule has 1 saturated carbocycles. The molecule has 2 N–H and O–H groups in total. The maximum absolute atomic E-state index is 12.2. The molecule has 0 aliphatic heterocycles. The maximum atomic E-state index is 12.2. The van der Waals surface area contributed by atoms with E-state index >= 15 is 0 Å². The van der Waals surface area contributed by atoms with Crippen LogP contribution in [0.4, 0.5) is 10.5 Å². The number of nitrogens with one attached hydrogen (secondary N) is 1. The van der Waals surface area contributed by atoms with Crippen molar-refractivity contribution in [3.63, 3.8) is 0 Å². The fraction of sp³-hybridized carbons (Fsp3) is 0.588. The Morgan fingerprint density at radius 1 is 1.38 bits per heavy atom. The number of aryl methyl sites for hydroxylation is 2. The van der Waals surface area contributed by atoms with E-state index in [2.05, 4.69) is 19.2 Å². The van der Waals surface area contributed by atoms with Gasteiger partial charge in [-0.1, -0.05) is 25.8 Å². The van der Waals surface area contributed by atoms with E-state index in [9.17, 15) is 9.90 Å². The van der Waals surface area contributed by atoms with Gasteiger partial charge in [-0.25, -0.2) is 4.79 Å². The van der Waals surface area contributed by atoms with Gasteiger partial charge in [0.15, 0.2) is 0 Å². The summed E-state index contributed by atoms with van der Waals surface area (Å²) in [6.07, 6.45) is 4.61. The molecule has 1 aromatic carbocycles. The highest BCUT2D eigenvalue weighted by atomic mass is 16.3. The number of urea groups is 1. The van der Waals surface area contributed by atoms with Crippen molar-refractivity contribution >= 4 is 11.7 Å². The van der Waals surface area contributed by atoms with E-state index in [1.165, 1.54) is 11.1 Å². The predicted molar refractivity (Wildman–Crippen MR) is 85.6 cm³/mol. The second-order valence-corrected chi connectivity index (χ2v) is 6.21. The van der Waals surface area contributed by atoms with Crippen LogP contribution in [-0.2, 0) is 6.42 Å². The zero-order valence-electron chi connectivity index (χ0n) is 13.3. The van der Waals surface area contributed by atoms with Gasteiger partial charge in [-0.3, -0.25) is 0 Å². The van der Waals surface area contributed by atoms with E-state index in [1.54, 1.807) is 11.9 Å². The Hall–Kier alpha value is -1.55. The molecular weight excluding hydrogens is 264 g/mol. The molecule has 0 saturated heterocycles. The molecule has 2 amide bonds. The molecule has 2 rings (SSSR count). The van der Waals surface area contributed by atoms with Crippen molar-refractivity contribution in [2.75, 3.05) is 18.9 Å². The highest BCUT2D eigenvalue weighted by Crippen LogP contribution is 2.30. The number of hydrogen-bond donors (Lipinski definition) is 2. The number of benzene rings is 1. The van der Waals surface area contributed by atoms with Crippen LogP contribution in [0.3, 0.4) is 0 Å². The minimum atomic E-state index is -0.700. The SMILES string of the molecule is CCc1cc(NC(=O)N(C)CC2(O)CCCC2)ccc1C. The summed E-state index contributed by atoms with van der Waals surface area (Å²) in [6, 6.07) is 5.80. The van der Waals surface area contributed by atoms with Crippen LogP contribution in [0, 0.1) is 6.92 Å². The number of hydrogen-bond acceptors (Lipinski definition) is 2. The van der Waals surface area contributed by atoms with E-state index in [-0.39, 0.29) is 6.03 Å². The lowest BCUT2D eigenvalue weighted by Gasteiger charge is -2.28. The number of carbonyl (C=O) groups excluding carboxylic acids is 1. The summed E-state index contributed by atoms with van der Waals surface area (Å²) in [5, 5.41) is 13.3. The first-order chi connectivity index (χ1) is 9.93. The number of likely N-dealkylation sites (N-methyl/N-ethyl adjacent to an activating group) is 1. The molecule has 1 aliphatic carbocycles. The molecule has 1 aliphatic rings. The molecule has 1 fully saturated rings. The molecule has 0 radical (unpaired) electrons. The van der Waals surface area contributed by atoms with Crippen molar-refractivity contribution in [3.05, 3.63) is 29.3 Å². The van der Waals surface area contributed by atoms with Crippen molar-refractivity contribution in [3.8, 4) is 0 Å². The molecule has 0 bridgehead atoms. The average Bonchev–Trinajstić information content (AvgIpc) is 2.87. The molecular formula is C17H26N2O2. The maximum Gasteiger partial charge on any atom is 0.321 e. The Kier molecular flexibility index (Phi) is 4.88. The van der Waals surface area contributed by atoms with E-state index in [4.69, 9.17) is 0 Å². The van der Waals surface area contributed by atoms with Crippen LogP contribution >= 0.6 is 0 Å². The zero-order chi connectivity index (χ0) is 15.5. The molecule has 4 heteroatoms. The summed E-state index contributed by atoms with van der Waals surface area (Å²) in [6.45, 7) is 4.58. The standard InChI is InChI=1S/C17H26N2O2/c1-4-14-11-15(8-7-13(14)2)18-16(20)19(3)12-17(21)9-5-6-10-17/h7-8,11,21H,4-6,9-10,12H2,1-3H3,(H,18,20). The van der Waals surface area contributed by atoms with E-state index in [1.807, 2.05) is 18.2 Å². The average molecular weight is 290 g/mol. The topological polar surface area (TPSA) is 52.6 Å². The molecule has 0 spiro atoms. The molecule has 0 atom stereocenters. The fourth-order valence-electron chi connectivity index (χ4n) is 3.05. The minimum absolute atomic E-state index is 0.166. The van der Waals surface area contributed by atoms with Gasteiger partial charge < -0.3 is 15.3 Å². The monoisotopic (exact) mass is 290 g/mol. The number of amides is 2. The summed E-state index contributed by atoms with van der Waals surface area (Å²) >= 11 is 0. The second-order valence-electron chi connectivity index (χ2n) is 6.21. The van der Waals surface area contributed by atoms with Crippen LogP contribution in [0.5, 0.6) is 0 Å². The normalized spacial score (nSPS) is 16.8. The quantitative estimate of drug-likeness (QED) is 0.893. The molecule has 0 heterocycles. The van der Waals surface area contributed by atoms with Gasteiger partial charge in [0.2, 0.25) is 0 Å². The molecule has 0 aromatic heterocycles. The van der Waals surface area contributed by atoms with E-state index < -0.39 is 5.60 Å². The summed E-state index contributed by atoms with van der Waals surface area (Å²) in [5.41, 5.74) is 2.59. The van der Waals surface area contributed by atoms with Crippen LogP contribution in [-0.4, -0.2) is 35.2 Å². The third kappa shape index (κ3) is 3.97. The first-order valence-electron chi connectivity index (χ1n) is 7.77. The van der Waals surface area contributed by atoms with Crippen LogP contribution in [0.25, 0.3) is 0 Å². The number of anilines is 1. The van der Waals surface area contributed by atoms with E-state index in [0.29, 0.717) is 6.54 Å². The molecule has 0 unspecified atom stereocenters. The molecule has 21 heavy (non-hydrogen) atoms. The first-order valence-corrected chi connectivity index (χ1v) is 7.77. The van der Waals surface area contributed by atoms with E-state index in [0.717, 1.165) is 37.8 Å². The van der Waals surface area contributed by atoms with Crippen molar-refractivity contribution in [1.82, 2.24) is 4.90 Å². The Balaban J connectivity index is 1.97. The van der Waals surface area contributed by atoms with Gasteiger partial charge >= 0.3 is 6.03 Å². The van der Waals surface area contributed by atoms with Crippen LogP contribution in [0.2, 0.25) is 0 Å². The van der Waals surface area contributed by atoms with Gasteiger partial charge in [0.05, 0.1) is 12.1 Å². The van der Waals surface area contributed by atoms with Crippen molar-refractivity contribution in [1.29, 1.82) is 0 Å². The van der Waals surface area contributed by atoms with Gasteiger partial charge in [0.1, 0.15) is 0 Å². The van der Waals surface area contributed by atoms with Crippen LogP contribution in [0.15, 0.2) is 18.2 Å². The van der Waals surface area contributed by atoms with Gasteiger partial charge in [0, 0.05) is 12.7 Å². The highest BCUT2D eigenvalue weighted by molar-refractivity contribution is 5.89. The van der Waals surface area contributed by atoms with Gasteiger partial charge in [-0.2, -0.15) is 0 Å². The minimum Gasteiger partial charge on any atom is -0.388 e. The van der Waals surface area contributed by atoms with Crippen molar-refractivity contribution in [2.45, 2.75) is 51.6 Å². The second kappa shape index (κ2) is 6.48. The predicted octanol–water partition coefficient (Wildman–Crippen LogP) is 3.33. The number of aliphatic hydroxyl groups is 1. The Labute approximate surface area is 127 Å². The lowest BCUT2D eigenvalue weighted by atomic mass is 10.0. The van der Waals surface area contributed by atoms with Gasteiger partial charge in [-0.05, 0) is 49.4 Å². The molecule has 4 nitrogen and oxygen atoms in total. The largest absolute Gasteiger partial charge is 0.388 e. The third-order valence-electron chi connectivity index (χ3n) is 4.39. The molecule has 116 valence electrons. The lowest BCUT2D eigenvalue weighted by Crippen LogP contribution is -2.43. The van der Waals surface area contributed by atoms with Crippen LogP contribution < -0.4 is 5.32 Å². The summed E-state index contributed by atoms with van der Waals surface area (Å²) in [7, 11) is 1.74. The Bertz CT molecular complexity index is 508. The van der Waals surface area contributed by atoms with Gasteiger partial charge in [-0.15, -0.1) is 0 Å². The Morgan fingerprint density at radius 2 is 2.05 bits per heavy atom. The summed E-state index contributed by atoms with van der Waals surface area (Å²) < 4.78 is 0. The fourth-order valence-corrected chi connectivity index (χ4v) is 3.05. The van der Waals surface area contributed by atoms with Crippen molar-refractivity contribution < 1.29 is 9.90 Å². The summed E-state index contributed by atoms with van der Waals surface area (Å²) in [5.74, 6) is 0. The molecule has 1 aromatic rings. The van der Waals surface area contributed by atoms with Crippen LogP contribution in [0.1, 0.15) is 43.7 Å². The lowest BCUT2D eigenvalue weighted by molar-refractivity contribution is 0.0261. The highest BCUT2D eigenvalue weighted by Gasteiger charge is 2.33. The Morgan fingerprint density at radius 3 is 2.67 bits per heavy atom. The summed E-state index contributed by atoms with van der Waals surface area (Å²) in [4.78, 5) is 13.8. The zero-order valence-corrected chi connectivity index (χ0v) is 13.3. The van der Waals surface area contributed by atoms with Crippen molar-refractivity contribution in [2.24, 2.45) is 0 Å². The number of rotatable bonds is 4. The first kappa shape index (κ1) is 15.8. The third-order valence-corrected chi connectivity index (χ3v) is 4.39. The van der Waals surface area contributed by atoms with Gasteiger partial charge in [0.25, 0.3) is 0 Å². The number of nitrogens with zero attached hydrogens (tertiary/aromatic N) is 1. The number of carbonyl (C=O) groups is 1.